The number of piperidine rings is 1. The molecule has 2 atom stereocenters. The highest BCUT2D eigenvalue weighted by atomic mass is 19.1. The summed E-state index contributed by atoms with van der Waals surface area (Å²) in [5.41, 5.74) is 3.30. The molecule has 0 aromatic heterocycles. The molecule has 1 fully saturated rings. The fourth-order valence-electron chi connectivity index (χ4n) is 4.16. The van der Waals surface area contributed by atoms with Crippen molar-refractivity contribution < 1.29 is 9.18 Å². The molecule has 1 aromatic carbocycles. The Labute approximate surface area is 131 Å². The zero-order chi connectivity index (χ0) is 15.7. The first-order valence-corrected chi connectivity index (χ1v) is 8.02. The molecule has 3 nitrogen and oxygen atoms in total. The van der Waals surface area contributed by atoms with E-state index in [0.717, 1.165) is 31.5 Å². The second-order valence-electron chi connectivity index (χ2n) is 6.39. The van der Waals surface area contributed by atoms with E-state index < -0.39 is 6.04 Å². The van der Waals surface area contributed by atoms with Crippen LogP contribution in [0.15, 0.2) is 36.4 Å². The second kappa shape index (κ2) is 5.84. The van der Waals surface area contributed by atoms with E-state index in [4.69, 9.17) is 0 Å². The molecule has 0 amide bonds. The summed E-state index contributed by atoms with van der Waals surface area (Å²) in [4.78, 5) is 12.9. The number of carbonyl (C=O) groups excluding carboxylic acids is 1. The monoisotopic (exact) mass is 302 g/mol. The summed E-state index contributed by atoms with van der Waals surface area (Å²) in [5, 5.41) is 3.61. The molecule has 2 unspecified atom stereocenters. The van der Waals surface area contributed by atoms with Gasteiger partial charge in [-0.1, -0.05) is 37.3 Å². The molecule has 2 aliphatic rings. The quantitative estimate of drug-likeness (QED) is 0.685. The van der Waals surface area contributed by atoms with E-state index in [1.807, 2.05) is 23.1 Å². The predicted molar refractivity (Wildman–Crippen MR) is 86.9 cm³/mol. The first-order chi connectivity index (χ1) is 10.6. The lowest BCUT2D eigenvalue weighted by Crippen LogP contribution is -2.55. The molecule has 2 heterocycles. The van der Waals surface area contributed by atoms with Crippen molar-refractivity contribution in [1.82, 2.24) is 5.32 Å². The first kappa shape index (κ1) is 15.2. The van der Waals surface area contributed by atoms with Gasteiger partial charge < -0.3 is 10.2 Å². The summed E-state index contributed by atoms with van der Waals surface area (Å²) >= 11 is 0. The Morgan fingerprint density at radius 1 is 1.50 bits per heavy atom. The number of hydrogen-bond acceptors (Lipinski definition) is 3. The lowest BCUT2D eigenvalue weighted by Gasteiger charge is -2.44. The van der Waals surface area contributed by atoms with Gasteiger partial charge >= 0.3 is 6.04 Å². The lowest BCUT2D eigenvalue weighted by molar-refractivity contribution is -0.127. The molecule has 1 N–H and O–H groups in total. The van der Waals surface area contributed by atoms with E-state index in [-0.39, 0.29) is 18.0 Å². The molecule has 118 valence electrons. The highest BCUT2D eigenvalue weighted by Gasteiger charge is 2.49. The van der Waals surface area contributed by atoms with Gasteiger partial charge in [0.25, 0.3) is 0 Å². The van der Waals surface area contributed by atoms with Crippen molar-refractivity contribution in [3.8, 4) is 0 Å². The third-order valence-electron chi connectivity index (χ3n) is 5.13. The minimum absolute atomic E-state index is 0.0998. The van der Waals surface area contributed by atoms with E-state index in [0.29, 0.717) is 6.54 Å². The van der Waals surface area contributed by atoms with E-state index in [1.165, 1.54) is 11.1 Å². The standard InChI is InChI=1S/C18H23FN2O/c1-3-13(2)17-18(9-6-10-20-17)12-21(11-16(19)22)15-8-5-4-7-14(15)18/h4-5,7-8,17,20H,2-3,6,9-12H2,1H3. The van der Waals surface area contributed by atoms with Gasteiger partial charge in [-0.25, -0.2) is 0 Å². The summed E-state index contributed by atoms with van der Waals surface area (Å²) in [6.45, 7) is 7.87. The molecule has 22 heavy (non-hydrogen) atoms. The van der Waals surface area contributed by atoms with E-state index in [1.54, 1.807) is 0 Å². The summed E-state index contributed by atoms with van der Waals surface area (Å²) in [5.74, 6) is 0. The smallest absolute Gasteiger partial charge is 0.320 e. The van der Waals surface area contributed by atoms with Gasteiger partial charge in [-0.15, -0.1) is 0 Å². The Bertz CT molecular complexity index is 601. The number of carbonyl (C=O) groups is 1. The van der Waals surface area contributed by atoms with Crippen LogP contribution in [0.2, 0.25) is 0 Å². The van der Waals surface area contributed by atoms with Crippen LogP contribution in [-0.2, 0) is 10.2 Å². The molecule has 0 radical (unpaired) electrons. The summed E-state index contributed by atoms with van der Waals surface area (Å²) in [6, 6.07) is 7.01. The van der Waals surface area contributed by atoms with Crippen molar-refractivity contribution in [1.29, 1.82) is 0 Å². The van der Waals surface area contributed by atoms with E-state index in [9.17, 15) is 9.18 Å². The SMILES string of the molecule is C=C(CC)C1NCCCC12CN(CC(=O)F)c1ccccc12. The number of hydrogen-bond donors (Lipinski definition) is 1. The molecule has 4 heteroatoms. The first-order valence-electron chi connectivity index (χ1n) is 8.02. The number of nitrogens with one attached hydrogen (secondary N) is 1. The van der Waals surface area contributed by atoms with Crippen molar-refractivity contribution in [2.45, 2.75) is 37.6 Å². The highest BCUT2D eigenvalue weighted by Crippen LogP contribution is 2.48. The number of para-hydroxylation sites is 1. The summed E-state index contributed by atoms with van der Waals surface area (Å²) in [6.07, 6.45) is 3.04. The Balaban J connectivity index is 2.05. The molecule has 0 aliphatic carbocycles. The molecule has 1 aromatic rings. The predicted octanol–water partition coefficient (Wildman–Crippen LogP) is 2.96. The molecule has 3 rings (SSSR count). The van der Waals surface area contributed by atoms with Crippen molar-refractivity contribution in [3.05, 3.63) is 42.0 Å². The van der Waals surface area contributed by atoms with Gasteiger partial charge in [0, 0.05) is 23.7 Å². The van der Waals surface area contributed by atoms with Gasteiger partial charge in [-0.3, -0.25) is 4.79 Å². The minimum Gasteiger partial charge on any atom is -0.360 e. The van der Waals surface area contributed by atoms with Crippen LogP contribution in [0.3, 0.4) is 0 Å². The number of anilines is 1. The second-order valence-corrected chi connectivity index (χ2v) is 6.39. The van der Waals surface area contributed by atoms with Crippen LogP contribution in [0.4, 0.5) is 10.1 Å². The number of rotatable bonds is 4. The molecule has 1 spiro atoms. The lowest BCUT2D eigenvalue weighted by atomic mass is 9.68. The summed E-state index contributed by atoms with van der Waals surface area (Å²) < 4.78 is 13.0. The normalized spacial score (nSPS) is 27.0. The maximum Gasteiger partial charge on any atom is 0.320 e. The van der Waals surface area contributed by atoms with Crippen molar-refractivity contribution in [2.24, 2.45) is 0 Å². The number of halogens is 1. The van der Waals surface area contributed by atoms with Crippen LogP contribution in [-0.4, -0.2) is 31.7 Å². The van der Waals surface area contributed by atoms with Crippen LogP contribution >= 0.6 is 0 Å². The minimum atomic E-state index is -1.28. The Morgan fingerprint density at radius 3 is 3.00 bits per heavy atom. The van der Waals surface area contributed by atoms with Gasteiger partial charge in [-0.05, 0) is 37.4 Å². The van der Waals surface area contributed by atoms with Crippen LogP contribution in [0, 0.1) is 0 Å². The van der Waals surface area contributed by atoms with E-state index in [2.05, 4.69) is 24.9 Å². The van der Waals surface area contributed by atoms with Gasteiger partial charge in [0.1, 0.15) is 6.54 Å². The summed E-state index contributed by atoms with van der Waals surface area (Å²) in [7, 11) is 0. The number of nitrogens with zero attached hydrogens (tertiary/aromatic N) is 1. The average Bonchev–Trinajstić information content (AvgIpc) is 2.81. The Morgan fingerprint density at radius 2 is 2.27 bits per heavy atom. The van der Waals surface area contributed by atoms with Crippen molar-refractivity contribution in [3.63, 3.8) is 0 Å². The average molecular weight is 302 g/mol. The maximum atomic E-state index is 13.0. The molecule has 2 aliphatic heterocycles. The fourth-order valence-corrected chi connectivity index (χ4v) is 4.16. The maximum absolute atomic E-state index is 13.0. The topological polar surface area (TPSA) is 32.3 Å². The largest absolute Gasteiger partial charge is 0.360 e. The third kappa shape index (κ3) is 2.35. The fraction of sp³-hybridized carbons (Fsp3) is 0.500. The van der Waals surface area contributed by atoms with Crippen molar-refractivity contribution in [2.75, 3.05) is 24.5 Å². The van der Waals surface area contributed by atoms with Gasteiger partial charge in [0.15, 0.2) is 0 Å². The highest BCUT2D eigenvalue weighted by molar-refractivity contribution is 5.77. The molecular formula is C18H23FN2O. The van der Waals surface area contributed by atoms with Gasteiger partial charge in [0.2, 0.25) is 0 Å². The van der Waals surface area contributed by atoms with Crippen LogP contribution < -0.4 is 10.2 Å². The zero-order valence-electron chi connectivity index (χ0n) is 13.1. The number of benzene rings is 1. The van der Waals surface area contributed by atoms with Crippen molar-refractivity contribution >= 4 is 11.7 Å². The van der Waals surface area contributed by atoms with Crippen LogP contribution in [0.5, 0.6) is 0 Å². The zero-order valence-corrected chi connectivity index (χ0v) is 13.1. The molecule has 0 bridgehead atoms. The van der Waals surface area contributed by atoms with E-state index >= 15 is 0 Å². The Hall–Kier alpha value is -1.68. The molecule has 0 saturated carbocycles. The van der Waals surface area contributed by atoms with Gasteiger partial charge in [0.05, 0.1) is 0 Å². The van der Waals surface area contributed by atoms with Crippen LogP contribution in [0.1, 0.15) is 31.7 Å². The number of fused-ring (bicyclic) bond motifs is 2. The third-order valence-corrected chi connectivity index (χ3v) is 5.13. The molecule has 1 saturated heterocycles. The Kier molecular flexibility index (Phi) is 4.04. The molecular weight excluding hydrogens is 279 g/mol. The van der Waals surface area contributed by atoms with Gasteiger partial charge in [-0.2, -0.15) is 4.39 Å². The van der Waals surface area contributed by atoms with Crippen LogP contribution in [0.25, 0.3) is 0 Å².